The first-order valence-electron chi connectivity index (χ1n) is 10.5. The molecule has 1 fully saturated rings. The van der Waals surface area contributed by atoms with Crippen molar-refractivity contribution in [3.63, 3.8) is 0 Å². The summed E-state index contributed by atoms with van der Waals surface area (Å²) in [5, 5.41) is 12.3. The van der Waals surface area contributed by atoms with E-state index in [1.54, 1.807) is 17.5 Å². The highest BCUT2D eigenvalue weighted by atomic mass is 32.2. The Bertz CT molecular complexity index is 1240. The number of ether oxygens (including phenoxy) is 2. The molecule has 0 aliphatic carbocycles. The summed E-state index contributed by atoms with van der Waals surface area (Å²) < 4.78 is 43.9. The summed E-state index contributed by atoms with van der Waals surface area (Å²) in [6, 6.07) is 8.85. The van der Waals surface area contributed by atoms with E-state index in [9.17, 15) is 13.2 Å². The number of fused-ring (bicyclic) bond motifs is 1. The number of benzene rings is 1. The number of piperidine rings is 1. The van der Waals surface area contributed by atoms with Crippen LogP contribution >= 0.6 is 11.3 Å². The number of nitrogens with zero attached hydrogens (tertiary/aromatic N) is 3. The van der Waals surface area contributed by atoms with Crippen molar-refractivity contribution < 1.29 is 27.1 Å². The van der Waals surface area contributed by atoms with Crippen LogP contribution in [-0.2, 0) is 21.2 Å². The Morgan fingerprint density at radius 1 is 1.18 bits per heavy atom. The number of rotatable bonds is 6. The molecule has 4 heterocycles. The van der Waals surface area contributed by atoms with Gasteiger partial charge < -0.3 is 13.9 Å². The molecule has 1 atom stereocenters. The van der Waals surface area contributed by atoms with Crippen LogP contribution in [0.4, 0.5) is 6.01 Å². The Morgan fingerprint density at radius 3 is 2.85 bits per heavy atom. The number of sulfonamides is 1. The number of nitrogens with one attached hydrogen (secondary N) is 1. The lowest BCUT2D eigenvalue weighted by Gasteiger charge is -2.30. The number of amides is 1. The molecule has 33 heavy (non-hydrogen) atoms. The second kappa shape index (κ2) is 9.12. The van der Waals surface area contributed by atoms with Gasteiger partial charge >= 0.3 is 6.01 Å². The number of hydrogen-bond acceptors (Lipinski definition) is 9. The van der Waals surface area contributed by atoms with Crippen molar-refractivity contribution in [3.8, 4) is 11.5 Å². The monoisotopic (exact) mass is 490 g/mol. The van der Waals surface area contributed by atoms with E-state index in [1.807, 2.05) is 18.2 Å². The maximum atomic E-state index is 12.8. The molecule has 0 saturated carbocycles. The van der Waals surface area contributed by atoms with Gasteiger partial charge in [0, 0.05) is 13.1 Å². The number of anilines is 1. The summed E-state index contributed by atoms with van der Waals surface area (Å²) >= 11 is 1.17. The molecule has 3 aromatic rings. The standard InChI is InChI=1S/C21H22N4O6S2/c26-20(15-3-1-7-25(13-15)33(27,28)19-4-2-10-32-19)22-21-24-23-18(31-21)12-14-5-6-16-17(11-14)30-9-8-29-16/h2,4-6,10-11,15H,1,3,7-9,12-13H2,(H,22,24,26). The lowest BCUT2D eigenvalue weighted by Crippen LogP contribution is -2.43. The minimum absolute atomic E-state index is 0.00854. The van der Waals surface area contributed by atoms with Crippen molar-refractivity contribution in [2.24, 2.45) is 5.92 Å². The molecule has 1 aromatic carbocycles. The molecule has 1 saturated heterocycles. The Hall–Kier alpha value is -2.96. The minimum Gasteiger partial charge on any atom is -0.486 e. The molecular weight excluding hydrogens is 468 g/mol. The normalized spacial score (nSPS) is 18.7. The predicted octanol–water partition coefficient (Wildman–Crippen LogP) is 2.53. The van der Waals surface area contributed by atoms with E-state index in [0.717, 1.165) is 5.56 Å². The first-order valence-corrected chi connectivity index (χ1v) is 12.9. The second-order valence-electron chi connectivity index (χ2n) is 7.78. The van der Waals surface area contributed by atoms with Crippen molar-refractivity contribution in [2.45, 2.75) is 23.5 Å². The molecule has 1 N–H and O–H groups in total. The van der Waals surface area contributed by atoms with E-state index in [4.69, 9.17) is 13.9 Å². The fraction of sp³-hybridized carbons (Fsp3) is 0.381. The van der Waals surface area contributed by atoms with Crippen molar-refractivity contribution in [2.75, 3.05) is 31.6 Å². The van der Waals surface area contributed by atoms with Gasteiger partial charge in [0.15, 0.2) is 11.5 Å². The van der Waals surface area contributed by atoms with E-state index >= 15 is 0 Å². The largest absolute Gasteiger partial charge is 0.486 e. The Kier molecular flexibility index (Phi) is 6.04. The maximum Gasteiger partial charge on any atom is 0.322 e. The van der Waals surface area contributed by atoms with E-state index < -0.39 is 15.9 Å². The molecule has 2 aliphatic rings. The van der Waals surface area contributed by atoms with Gasteiger partial charge in [-0.1, -0.05) is 17.2 Å². The van der Waals surface area contributed by atoms with E-state index in [-0.39, 0.29) is 22.7 Å². The van der Waals surface area contributed by atoms with E-state index in [1.165, 1.54) is 15.6 Å². The third kappa shape index (κ3) is 4.72. The molecule has 10 nitrogen and oxygen atoms in total. The topological polar surface area (TPSA) is 124 Å². The SMILES string of the molecule is O=C(Nc1nnc(Cc2ccc3c(c2)OCCO3)o1)C1CCCN(S(=O)(=O)c2cccs2)C1. The Labute approximate surface area is 194 Å². The summed E-state index contributed by atoms with van der Waals surface area (Å²) in [4.78, 5) is 12.8. The van der Waals surface area contributed by atoms with Gasteiger partial charge in [-0.3, -0.25) is 10.1 Å². The third-order valence-corrected chi connectivity index (χ3v) is 8.74. The molecule has 0 spiro atoms. The first kappa shape index (κ1) is 21.9. The van der Waals surface area contributed by atoms with Crippen LogP contribution in [0.3, 0.4) is 0 Å². The predicted molar refractivity (Wildman–Crippen MR) is 119 cm³/mol. The molecule has 2 aliphatic heterocycles. The number of thiophene rings is 1. The summed E-state index contributed by atoms with van der Waals surface area (Å²) in [6.07, 6.45) is 1.55. The van der Waals surface area contributed by atoms with Gasteiger partial charge in [-0.25, -0.2) is 8.42 Å². The highest BCUT2D eigenvalue weighted by Gasteiger charge is 2.34. The zero-order chi connectivity index (χ0) is 22.8. The van der Waals surface area contributed by atoms with Crippen LogP contribution in [0.2, 0.25) is 0 Å². The number of carbonyl (C=O) groups is 1. The summed E-state index contributed by atoms with van der Waals surface area (Å²) in [5.41, 5.74) is 0.905. The zero-order valence-electron chi connectivity index (χ0n) is 17.6. The second-order valence-corrected chi connectivity index (χ2v) is 10.9. The maximum absolute atomic E-state index is 12.8. The van der Waals surface area contributed by atoms with Crippen LogP contribution in [-0.4, -0.2) is 55.1 Å². The molecule has 0 radical (unpaired) electrons. The van der Waals surface area contributed by atoms with Crippen LogP contribution in [0.15, 0.2) is 44.3 Å². The lowest BCUT2D eigenvalue weighted by molar-refractivity contribution is -0.121. The summed E-state index contributed by atoms with van der Waals surface area (Å²) in [6.45, 7) is 1.53. The van der Waals surface area contributed by atoms with Gasteiger partial charge in [-0.05, 0) is 42.0 Å². The lowest BCUT2D eigenvalue weighted by atomic mass is 9.99. The molecule has 174 valence electrons. The van der Waals surface area contributed by atoms with Crippen molar-refractivity contribution >= 4 is 33.3 Å². The molecule has 2 aromatic heterocycles. The van der Waals surface area contributed by atoms with Crippen LogP contribution in [0.25, 0.3) is 0 Å². The van der Waals surface area contributed by atoms with Gasteiger partial charge in [0.2, 0.25) is 11.8 Å². The molecule has 12 heteroatoms. The third-order valence-electron chi connectivity index (χ3n) is 5.50. The summed E-state index contributed by atoms with van der Waals surface area (Å²) in [7, 11) is -3.59. The van der Waals surface area contributed by atoms with Crippen molar-refractivity contribution in [1.29, 1.82) is 0 Å². The highest BCUT2D eigenvalue weighted by Crippen LogP contribution is 2.31. The highest BCUT2D eigenvalue weighted by molar-refractivity contribution is 7.91. The van der Waals surface area contributed by atoms with Gasteiger partial charge in [-0.15, -0.1) is 16.4 Å². The van der Waals surface area contributed by atoms with Crippen LogP contribution in [0, 0.1) is 5.92 Å². The van der Waals surface area contributed by atoms with Crippen LogP contribution in [0.5, 0.6) is 11.5 Å². The van der Waals surface area contributed by atoms with Gasteiger partial charge in [0.25, 0.3) is 10.0 Å². The molecule has 1 amide bonds. The molecule has 0 bridgehead atoms. The Morgan fingerprint density at radius 2 is 2.03 bits per heavy atom. The van der Waals surface area contributed by atoms with Gasteiger partial charge in [0.05, 0.1) is 12.3 Å². The van der Waals surface area contributed by atoms with Gasteiger partial charge in [0.1, 0.15) is 17.4 Å². The van der Waals surface area contributed by atoms with Crippen molar-refractivity contribution in [3.05, 3.63) is 47.2 Å². The quantitative estimate of drug-likeness (QED) is 0.559. The average molecular weight is 491 g/mol. The first-order chi connectivity index (χ1) is 16.0. The average Bonchev–Trinajstić information content (AvgIpc) is 3.52. The smallest absolute Gasteiger partial charge is 0.322 e. The van der Waals surface area contributed by atoms with Crippen LogP contribution < -0.4 is 14.8 Å². The fourth-order valence-corrected chi connectivity index (χ4v) is 6.54. The fourth-order valence-electron chi connectivity index (χ4n) is 3.87. The molecule has 5 rings (SSSR count). The number of aromatic nitrogens is 2. The van der Waals surface area contributed by atoms with Crippen LogP contribution in [0.1, 0.15) is 24.3 Å². The molecular formula is C21H22N4O6S2. The van der Waals surface area contributed by atoms with E-state index in [2.05, 4.69) is 15.5 Å². The van der Waals surface area contributed by atoms with Crippen molar-refractivity contribution in [1.82, 2.24) is 14.5 Å². The minimum atomic E-state index is -3.59. The Balaban J connectivity index is 1.21. The summed E-state index contributed by atoms with van der Waals surface area (Å²) in [5.74, 6) is 0.877. The zero-order valence-corrected chi connectivity index (χ0v) is 19.2. The van der Waals surface area contributed by atoms with E-state index in [0.29, 0.717) is 56.4 Å². The van der Waals surface area contributed by atoms with Gasteiger partial charge in [-0.2, -0.15) is 4.31 Å². The number of hydrogen-bond donors (Lipinski definition) is 1. The number of carbonyl (C=O) groups excluding carboxylic acids is 1. The molecule has 1 unspecified atom stereocenters.